The lowest BCUT2D eigenvalue weighted by Gasteiger charge is -2.08. The zero-order chi connectivity index (χ0) is 29.7. The molecule has 0 fully saturated rings. The predicted molar refractivity (Wildman–Crippen MR) is 171 cm³/mol. The molecule has 226 valence electrons. The molecule has 0 aliphatic heterocycles. The summed E-state index contributed by atoms with van der Waals surface area (Å²) in [5, 5.41) is 8.43. The van der Waals surface area contributed by atoms with Gasteiger partial charge in [-0.25, -0.2) is 4.79 Å². The van der Waals surface area contributed by atoms with Gasteiger partial charge in [-0.3, -0.25) is 0 Å². The number of hydrogen-bond donors (Lipinski definition) is 0. The van der Waals surface area contributed by atoms with Crippen LogP contribution in [0.4, 0.5) is 11.4 Å². The molecule has 42 heavy (non-hydrogen) atoms. The van der Waals surface area contributed by atoms with Crippen LogP contribution in [0, 0.1) is 0 Å². The van der Waals surface area contributed by atoms with Gasteiger partial charge >= 0.3 is 5.97 Å². The van der Waals surface area contributed by atoms with Gasteiger partial charge < -0.3 is 14.2 Å². The lowest BCUT2D eigenvalue weighted by molar-refractivity contribution is 0.0734. The highest BCUT2D eigenvalue weighted by Gasteiger charge is 2.09. The van der Waals surface area contributed by atoms with E-state index in [2.05, 4.69) is 17.2 Å². The van der Waals surface area contributed by atoms with Crippen LogP contribution in [0.5, 0.6) is 17.2 Å². The van der Waals surface area contributed by atoms with Crippen LogP contribution in [0.1, 0.15) is 107 Å². The van der Waals surface area contributed by atoms with E-state index < -0.39 is 5.97 Å². The molecular weight excluding hydrogens is 524 g/mol. The average molecular weight is 573 g/mol. The standard InChI is InChI=1S/C36H48N2O4/c1-3-4-5-6-7-8-9-10-11-12-13-14-15-16-29-41-34-23-17-30(18-24-34)36(39)42-35-27-21-32(22-28-35)38-37-31-19-25-33(40-2)26-20-31/h17-28H,3-16,29H2,1-2H3. The Hall–Kier alpha value is -3.67. The molecule has 0 saturated carbocycles. The van der Waals surface area contributed by atoms with Gasteiger partial charge in [0.25, 0.3) is 0 Å². The van der Waals surface area contributed by atoms with Gasteiger partial charge in [0.1, 0.15) is 17.2 Å². The predicted octanol–water partition coefficient (Wildman–Crippen LogP) is 11.2. The van der Waals surface area contributed by atoms with Crippen molar-refractivity contribution in [3.63, 3.8) is 0 Å². The van der Waals surface area contributed by atoms with E-state index in [1.807, 2.05) is 36.4 Å². The highest BCUT2D eigenvalue weighted by Crippen LogP contribution is 2.24. The summed E-state index contributed by atoms with van der Waals surface area (Å²) in [6, 6.07) is 21.3. The molecule has 6 heteroatoms. The van der Waals surface area contributed by atoms with E-state index in [0.717, 1.165) is 23.6 Å². The van der Waals surface area contributed by atoms with Crippen LogP contribution in [0.15, 0.2) is 83.0 Å². The largest absolute Gasteiger partial charge is 0.497 e. The van der Waals surface area contributed by atoms with Crippen molar-refractivity contribution < 1.29 is 19.0 Å². The molecule has 0 spiro atoms. The SMILES string of the molecule is CCCCCCCCCCCCCCCCOc1ccc(C(=O)Oc2ccc(N=Nc3ccc(OC)cc3)cc2)cc1. The first kappa shape index (κ1) is 32.8. The number of esters is 1. The fourth-order valence-corrected chi connectivity index (χ4v) is 4.69. The summed E-state index contributed by atoms with van der Waals surface area (Å²) >= 11 is 0. The number of unbranched alkanes of at least 4 members (excludes halogenated alkanes) is 13. The van der Waals surface area contributed by atoms with E-state index >= 15 is 0 Å². The zero-order valence-corrected chi connectivity index (χ0v) is 25.6. The second-order valence-electron chi connectivity index (χ2n) is 10.8. The Kier molecular flexibility index (Phi) is 15.8. The van der Waals surface area contributed by atoms with E-state index in [9.17, 15) is 4.79 Å². The number of carbonyl (C=O) groups is 1. The Balaban J connectivity index is 1.24. The van der Waals surface area contributed by atoms with Crippen molar-refractivity contribution in [2.24, 2.45) is 10.2 Å². The molecule has 0 saturated heterocycles. The molecule has 0 heterocycles. The number of carbonyl (C=O) groups excluding carboxylic acids is 1. The van der Waals surface area contributed by atoms with E-state index in [0.29, 0.717) is 23.6 Å². The third-order valence-electron chi connectivity index (χ3n) is 7.26. The molecule has 3 aromatic carbocycles. The lowest BCUT2D eigenvalue weighted by atomic mass is 10.0. The quantitative estimate of drug-likeness (QED) is 0.0551. The van der Waals surface area contributed by atoms with Gasteiger partial charge in [-0.15, -0.1) is 0 Å². The minimum absolute atomic E-state index is 0.416. The summed E-state index contributed by atoms with van der Waals surface area (Å²) in [7, 11) is 1.62. The van der Waals surface area contributed by atoms with Gasteiger partial charge in [0.05, 0.1) is 30.7 Å². The molecule has 0 aliphatic carbocycles. The Labute approximate surface area is 252 Å². The normalized spacial score (nSPS) is 11.1. The van der Waals surface area contributed by atoms with Crippen molar-refractivity contribution in [3.05, 3.63) is 78.4 Å². The molecule has 3 aromatic rings. The molecule has 0 aromatic heterocycles. The van der Waals surface area contributed by atoms with Crippen molar-refractivity contribution in [1.29, 1.82) is 0 Å². The monoisotopic (exact) mass is 572 g/mol. The van der Waals surface area contributed by atoms with E-state index in [-0.39, 0.29) is 0 Å². The summed E-state index contributed by atoms with van der Waals surface area (Å²) in [5.74, 6) is 1.57. The highest BCUT2D eigenvalue weighted by atomic mass is 16.5. The van der Waals surface area contributed by atoms with E-state index in [1.54, 1.807) is 43.5 Å². The van der Waals surface area contributed by atoms with Gasteiger partial charge in [0.15, 0.2) is 0 Å². The summed E-state index contributed by atoms with van der Waals surface area (Å²) in [4.78, 5) is 12.6. The maximum atomic E-state index is 12.6. The number of rotatable bonds is 21. The molecule has 0 bridgehead atoms. The zero-order valence-electron chi connectivity index (χ0n) is 25.6. The lowest BCUT2D eigenvalue weighted by Crippen LogP contribution is -2.08. The third-order valence-corrected chi connectivity index (χ3v) is 7.26. The molecule has 0 radical (unpaired) electrons. The van der Waals surface area contributed by atoms with Crippen molar-refractivity contribution in [3.8, 4) is 17.2 Å². The first-order chi connectivity index (χ1) is 20.7. The Morgan fingerprint density at radius 1 is 0.548 bits per heavy atom. The summed E-state index contributed by atoms with van der Waals surface area (Å²) in [6.45, 7) is 2.97. The topological polar surface area (TPSA) is 69.5 Å². The maximum Gasteiger partial charge on any atom is 0.343 e. The molecule has 0 N–H and O–H groups in total. The number of nitrogens with zero attached hydrogens (tertiary/aromatic N) is 2. The number of ether oxygens (including phenoxy) is 3. The summed E-state index contributed by atoms with van der Waals surface area (Å²) in [6.07, 6.45) is 18.8. The van der Waals surface area contributed by atoms with Crippen LogP contribution < -0.4 is 14.2 Å². The number of methoxy groups -OCH3 is 1. The van der Waals surface area contributed by atoms with E-state index in [4.69, 9.17) is 14.2 Å². The molecule has 0 atom stereocenters. The van der Waals surface area contributed by atoms with Crippen molar-refractivity contribution in [2.75, 3.05) is 13.7 Å². The molecule has 0 amide bonds. The maximum absolute atomic E-state index is 12.6. The Morgan fingerprint density at radius 3 is 1.45 bits per heavy atom. The van der Waals surface area contributed by atoms with Gasteiger partial charge in [-0.1, -0.05) is 90.4 Å². The number of benzene rings is 3. The van der Waals surface area contributed by atoms with Crippen LogP contribution in [0.2, 0.25) is 0 Å². The van der Waals surface area contributed by atoms with Crippen molar-refractivity contribution in [1.82, 2.24) is 0 Å². The second kappa shape index (κ2) is 20.2. The van der Waals surface area contributed by atoms with Gasteiger partial charge in [-0.05, 0) is 79.2 Å². The number of hydrogen-bond acceptors (Lipinski definition) is 6. The molecule has 0 unspecified atom stereocenters. The number of azo groups is 1. The summed E-state index contributed by atoms with van der Waals surface area (Å²) in [5.41, 5.74) is 1.85. The Bertz CT molecular complexity index is 1160. The fraction of sp³-hybridized carbons (Fsp3) is 0.472. The smallest absolute Gasteiger partial charge is 0.343 e. The summed E-state index contributed by atoms with van der Waals surface area (Å²) < 4.78 is 16.5. The fourth-order valence-electron chi connectivity index (χ4n) is 4.69. The highest BCUT2D eigenvalue weighted by molar-refractivity contribution is 5.91. The van der Waals surface area contributed by atoms with Crippen LogP contribution in [0.3, 0.4) is 0 Å². The minimum atomic E-state index is -0.416. The van der Waals surface area contributed by atoms with Crippen molar-refractivity contribution >= 4 is 17.3 Å². The minimum Gasteiger partial charge on any atom is -0.497 e. The van der Waals surface area contributed by atoms with Gasteiger partial charge in [0, 0.05) is 0 Å². The average Bonchev–Trinajstić information content (AvgIpc) is 3.03. The van der Waals surface area contributed by atoms with E-state index in [1.165, 1.54) is 83.5 Å². The first-order valence-electron chi connectivity index (χ1n) is 15.8. The Morgan fingerprint density at radius 2 is 0.976 bits per heavy atom. The van der Waals surface area contributed by atoms with Crippen molar-refractivity contribution in [2.45, 2.75) is 96.8 Å². The second-order valence-corrected chi connectivity index (χ2v) is 10.8. The van der Waals surface area contributed by atoms with Crippen LogP contribution in [0.25, 0.3) is 0 Å². The molecule has 6 nitrogen and oxygen atoms in total. The third kappa shape index (κ3) is 13.3. The van der Waals surface area contributed by atoms with Crippen LogP contribution in [-0.2, 0) is 0 Å². The van der Waals surface area contributed by atoms with Gasteiger partial charge in [-0.2, -0.15) is 10.2 Å². The molecule has 0 aliphatic rings. The van der Waals surface area contributed by atoms with Crippen LogP contribution >= 0.6 is 0 Å². The van der Waals surface area contributed by atoms with Crippen LogP contribution in [-0.4, -0.2) is 19.7 Å². The van der Waals surface area contributed by atoms with Gasteiger partial charge in [0.2, 0.25) is 0 Å². The first-order valence-corrected chi connectivity index (χ1v) is 15.8. The molecule has 3 rings (SSSR count). The molecular formula is C36H48N2O4.